The molecule has 0 aliphatic carbocycles. The normalized spacial score (nSPS) is 24.0. The minimum atomic E-state index is -0.822. The van der Waals surface area contributed by atoms with Gasteiger partial charge >= 0.3 is 0 Å². The van der Waals surface area contributed by atoms with Crippen molar-refractivity contribution in [2.24, 2.45) is 0 Å². The van der Waals surface area contributed by atoms with Gasteiger partial charge in [-0.2, -0.15) is 5.06 Å². The Morgan fingerprint density at radius 1 is 0.938 bits per heavy atom. The van der Waals surface area contributed by atoms with Crippen LogP contribution in [0.4, 0.5) is 0 Å². The fourth-order valence-corrected chi connectivity index (χ4v) is 1.78. The van der Waals surface area contributed by atoms with Gasteiger partial charge in [0, 0.05) is 13.1 Å². The Morgan fingerprint density at radius 3 is 2.12 bits per heavy atom. The van der Waals surface area contributed by atoms with Crippen LogP contribution in [0, 0.1) is 0 Å². The zero-order chi connectivity index (χ0) is 12.0. The topological polar surface area (TPSA) is 51.2 Å². The molecule has 0 aromatic rings. The van der Waals surface area contributed by atoms with Crippen LogP contribution in [-0.2, 0) is 14.3 Å². The first kappa shape index (κ1) is 13.9. The largest absolute Gasteiger partial charge is 0.368 e. The molecule has 0 aromatic heterocycles. The summed E-state index contributed by atoms with van der Waals surface area (Å²) in [7, 11) is 0. The number of aliphatic hydroxyl groups is 1. The van der Waals surface area contributed by atoms with Crippen molar-refractivity contribution in [1.82, 2.24) is 5.06 Å². The average Bonchev–Trinajstić information content (AvgIpc) is 2.17. The molecule has 1 rings (SSSR count). The molecule has 96 valence electrons. The molecule has 1 heterocycles. The zero-order valence-corrected chi connectivity index (χ0v) is 10.4. The van der Waals surface area contributed by atoms with Crippen LogP contribution in [0.15, 0.2) is 0 Å². The Bertz CT molecular complexity index is 183. The first-order valence-electron chi connectivity index (χ1n) is 5.98. The number of aliphatic hydroxyl groups excluding tert-OH is 1. The van der Waals surface area contributed by atoms with Crippen molar-refractivity contribution in [3.8, 4) is 0 Å². The Labute approximate surface area is 97.2 Å². The highest BCUT2D eigenvalue weighted by Gasteiger charge is 2.17. The second-order valence-electron chi connectivity index (χ2n) is 4.10. The van der Waals surface area contributed by atoms with Crippen molar-refractivity contribution < 1.29 is 19.4 Å². The van der Waals surface area contributed by atoms with Crippen molar-refractivity contribution in [3.63, 3.8) is 0 Å². The second kappa shape index (κ2) is 7.19. The monoisotopic (exact) mass is 233 g/mol. The molecule has 1 fully saturated rings. The SMILES string of the molecule is CC(O)OC(C)OC(C)ON1CCCCC1. The maximum Gasteiger partial charge on any atom is 0.177 e. The molecule has 1 N–H and O–H groups in total. The third-order valence-electron chi connectivity index (χ3n) is 2.38. The fourth-order valence-electron chi connectivity index (χ4n) is 1.78. The van der Waals surface area contributed by atoms with Gasteiger partial charge in [-0.25, -0.2) is 0 Å². The molecular weight excluding hydrogens is 210 g/mol. The summed E-state index contributed by atoms with van der Waals surface area (Å²) in [6, 6.07) is 0. The van der Waals surface area contributed by atoms with Gasteiger partial charge in [0.15, 0.2) is 18.9 Å². The third kappa shape index (κ3) is 5.77. The molecule has 0 spiro atoms. The second-order valence-corrected chi connectivity index (χ2v) is 4.10. The van der Waals surface area contributed by atoms with Gasteiger partial charge in [-0.15, -0.1) is 0 Å². The molecule has 0 radical (unpaired) electrons. The summed E-state index contributed by atoms with van der Waals surface area (Å²) in [5.74, 6) is 0. The van der Waals surface area contributed by atoms with E-state index in [9.17, 15) is 0 Å². The van der Waals surface area contributed by atoms with Gasteiger partial charge in [0.2, 0.25) is 0 Å². The van der Waals surface area contributed by atoms with Gasteiger partial charge in [-0.1, -0.05) is 6.42 Å². The van der Waals surface area contributed by atoms with Crippen LogP contribution < -0.4 is 0 Å². The highest BCUT2D eigenvalue weighted by molar-refractivity contribution is 4.56. The summed E-state index contributed by atoms with van der Waals surface area (Å²) in [6.07, 6.45) is 1.97. The first-order chi connectivity index (χ1) is 7.58. The minimum Gasteiger partial charge on any atom is -0.368 e. The minimum absolute atomic E-state index is 0.355. The van der Waals surface area contributed by atoms with Crippen molar-refractivity contribution in [2.45, 2.75) is 58.9 Å². The Hall–Kier alpha value is -0.200. The molecule has 5 nitrogen and oxygen atoms in total. The van der Waals surface area contributed by atoms with Gasteiger partial charge in [-0.3, -0.25) is 4.84 Å². The summed E-state index contributed by atoms with van der Waals surface area (Å²) in [5, 5.41) is 10.9. The molecule has 0 bridgehead atoms. The average molecular weight is 233 g/mol. The quantitative estimate of drug-likeness (QED) is 0.704. The van der Waals surface area contributed by atoms with Gasteiger partial charge in [0.1, 0.15) is 0 Å². The van der Waals surface area contributed by atoms with Gasteiger partial charge in [0.05, 0.1) is 0 Å². The predicted octanol–water partition coefficient (Wildman–Crippen LogP) is 1.47. The molecule has 3 atom stereocenters. The van der Waals surface area contributed by atoms with E-state index in [1.807, 2.05) is 12.0 Å². The number of rotatable bonds is 6. The van der Waals surface area contributed by atoms with Crippen molar-refractivity contribution in [2.75, 3.05) is 13.1 Å². The number of piperidine rings is 1. The maximum absolute atomic E-state index is 9.00. The molecule has 1 aliphatic rings. The lowest BCUT2D eigenvalue weighted by Gasteiger charge is -2.29. The smallest absolute Gasteiger partial charge is 0.177 e. The van der Waals surface area contributed by atoms with Gasteiger partial charge in [-0.05, 0) is 33.6 Å². The van der Waals surface area contributed by atoms with Gasteiger partial charge < -0.3 is 14.6 Å². The molecule has 1 aliphatic heterocycles. The van der Waals surface area contributed by atoms with E-state index < -0.39 is 12.6 Å². The maximum atomic E-state index is 9.00. The molecule has 5 heteroatoms. The van der Waals surface area contributed by atoms with E-state index in [-0.39, 0.29) is 6.29 Å². The van der Waals surface area contributed by atoms with Crippen molar-refractivity contribution in [3.05, 3.63) is 0 Å². The Kier molecular flexibility index (Phi) is 6.23. The van der Waals surface area contributed by atoms with E-state index in [4.69, 9.17) is 19.4 Å². The lowest BCUT2D eigenvalue weighted by Crippen LogP contribution is -2.36. The highest BCUT2D eigenvalue weighted by Crippen LogP contribution is 2.12. The van der Waals surface area contributed by atoms with Crippen LogP contribution in [0.2, 0.25) is 0 Å². The van der Waals surface area contributed by atoms with E-state index in [0.717, 1.165) is 13.1 Å². The predicted molar refractivity (Wildman–Crippen MR) is 59.3 cm³/mol. The number of hydrogen-bond acceptors (Lipinski definition) is 5. The fraction of sp³-hybridized carbons (Fsp3) is 1.00. The van der Waals surface area contributed by atoms with Crippen LogP contribution in [0.25, 0.3) is 0 Å². The van der Waals surface area contributed by atoms with E-state index in [0.29, 0.717) is 0 Å². The number of hydrogen-bond donors (Lipinski definition) is 1. The lowest BCUT2D eigenvalue weighted by atomic mass is 10.2. The van der Waals surface area contributed by atoms with Crippen molar-refractivity contribution >= 4 is 0 Å². The molecule has 0 aromatic carbocycles. The summed E-state index contributed by atoms with van der Waals surface area (Å²) >= 11 is 0. The molecule has 16 heavy (non-hydrogen) atoms. The van der Waals surface area contributed by atoms with Crippen LogP contribution in [0.3, 0.4) is 0 Å². The van der Waals surface area contributed by atoms with Crippen molar-refractivity contribution in [1.29, 1.82) is 0 Å². The van der Waals surface area contributed by atoms with Crippen LogP contribution in [0.1, 0.15) is 40.0 Å². The molecule has 3 unspecified atom stereocenters. The van der Waals surface area contributed by atoms with E-state index in [1.54, 1.807) is 13.8 Å². The first-order valence-corrected chi connectivity index (χ1v) is 5.98. The molecule has 0 saturated carbocycles. The summed E-state index contributed by atoms with van der Waals surface area (Å²) in [5.41, 5.74) is 0. The number of hydroxylamine groups is 2. The zero-order valence-electron chi connectivity index (χ0n) is 10.4. The summed E-state index contributed by atoms with van der Waals surface area (Å²) in [6.45, 7) is 7.04. The van der Waals surface area contributed by atoms with E-state index in [2.05, 4.69) is 0 Å². The number of ether oxygens (including phenoxy) is 2. The summed E-state index contributed by atoms with van der Waals surface area (Å²) in [4.78, 5) is 5.59. The lowest BCUT2D eigenvalue weighted by molar-refractivity contribution is -0.329. The van der Waals surface area contributed by atoms with E-state index >= 15 is 0 Å². The van der Waals surface area contributed by atoms with Crippen LogP contribution in [0.5, 0.6) is 0 Å². The Balaban J connectivity index is 2.15. The summed E-state index contributed by atoms with van der Waals surface area (Å²) < 4.78 is 10.5. The third-order valence-corrected chi connectivity index (χ3v) is 2.38. The molecule has 1 saturated heterocycles. The molecular formula is C11H23NO4. The van der Waals surface area contributed by atoms with E-state index in [1.165, 1.54) is 19.3 Å². The Morgan fingerprint density at radius 2 is 1.56 bits per heavy atom. The van der Waals surface area contributed by atoms with Crippen LogP contribution in [-0.4, -0.2) is 42.1 Å². The highest BCUT2D eigenvalue weighted by atomic mass is 16.8. The van der Waals surface area contributed by atoms with Crippen LogP contribution >= 0.6 is 0 Å². The molecule has 0 amide bonds. The standard InChI is InChI=1S/C11H23NO4/c1-9(13)14-10(2)15-11(3)16-12-7-5-4-6-8-12/h9-11,13H,4-8H2,1-3H3. The van der Waals surface area contributed by atoms with Gasteiger partial charge in [0.25, 0.3) is 0 Å². The number of nitrogens with zero attached hydrogens (tertiary/aromatic N) is 1.